The number of carbonyl (C=O) groups excluding carboxylic acids is 1. The van der Waals surface area contributed by atoms with Crippen molar-refractivity contribution < 1.29 is 37.0 Å². The number of hydrogen-bond donors (Lipinski definition) is 4. The average molecular weight is 541 g/mol. The van der Waals surface area contributed by atoms with E-state index >= 15 is 0 Å². The molecule has 0 radical (unpaired) electrons. The third kappa shape index (κ3) is 8.51. The summed E-state index contributed by atoms with van der Waals surface area (Å²) in [5.41, 5.74) is 9.29. The number of piperidine rings is 1. The van der Waals surface area contributed by atoms with E-state index in [9.17, 15) is 22.4 Å². The average Bonchev–Trinajstić information content (AvgIpc) is 3.71. The monoisotopic (exact) mass is 540 g/mol. The lowest BCUT2D eigenvalue weighted by Gasteiger charge is -2.33. The van der Waals surface area contributed by atoms with Crippen LogP contribution in [0.2, 0.25) is 0 Å². The largest absolute Gasteiger partial charge is 0.494 e. The van der Waals surface area contributed by atoms with E-state index in [1.165, 1.54) is 26.0 Å². The first-order valence-electron chi connectivity index (χ1n) is 12.3. The Balaban J connectivity index is 0.000000505. The maximum atomic E-state index is 14.0. The van der Waals surface area contributed by atoms with Crippen LogP contribution in [0, 0.1) is 11.7 Å². The SMILES string of the molecule is COc1ccc(CNc2ccc(N3CCC(N)CC3)c(C(=O)NCC3CC3)c2)cc1F.O=C(O)C(F)(F)F. The molecule has 0 spiro atoms. The Morgan fingerprint density at radius 3 is 2.32 bits per heavy atom. The number of anilines is 2. The molecule has 1 heterocycles. The number of aliphatic carboxylic acids is 1. The van der Waals surface area contributed by atoms with Crippen LogP contribution in [0.1, 0.15) is 41.6 Å². The van der Waals surface area contributed by atoms with E-state index in [2.05, 4.69) is 15.5 Å². The van der Waals surface area contributed by atoms with Gasteiger partial charge in [-0.3, -0.25) is 4.79 Å². The summed E-state index contributed by atoms with van der Waals surface area (Å²) in [5.74, 6) is -2.35. The van der Waals surface area contributed by atoms with Gasteiger partial charge in [-0.2, -0.15) is 13.2 Å². The van der Waals surface area contributed by atoms with Gasteiger partial charge < -0.3 is 31.1 Å². The van der Waals surface area contributed by atoms with Gasteiger partial charge in [-0.1, -0.05) is 6.07 Å². The first kappa shape index (κ1) is 29.0. The van der Waals surface area contributed by atoms with Crippen LogP contribution >= 0.6 is 0 Å². The van der Waals surface area contributed by atoms with Crippen LogP contribution < -0.4 is 26.0 Å². The molecule has 5 N–H and O–H groups in total. The molecule has 1 aliphatic heterocycles. The molecule has 38 heavy (non-hydrogen) atoms. The third-order valence-corrected chi connectivity index (χ3v) is 6.33. The summed E-state index contributed by atoms with van der Waals surface area (Å²) in [7, 11) is 1.45. The zero-order valence-corrected chi connectivity index (χ0v) is 21.0. The molecular formula is C26H32F4N4O4. The molecule has 1 aliphatic carbocycles. The first-order valence-corrected chi connectivity index (χ1v) is 12.3. The van der Waals surface area contributed by atoms with Gasteiger partial charge in [0.05, 0.1) is 12.7 Å². The molecule has 8 nitrogen and oxygen atoms in total. The molecule has 0 unspecified atom stereocenters. The van der Waals surface area contributed by atoms with Crippen LogP contribution in [0.15, 0.2) is 36.4 Å². The maximum absolute atomic E-state index is 14.0. The van der Waals surface area contributed by atoms with Gasteiger partial charge >= 0.3 is 12.1 Å². The molecule has 2 aromatic rings. The lowest BCUT2D eigenvalue weighted by Crippen LogP contribution is -2.40. The van der Waals surface area contributed by atoms with E-state index in [-0.39, 0.29) is 23.5 Å². The highest BCUT2D eigenvalue weighted by Gasteiger charge is 2.38. The number of rotatable bonds is 8. The standard InChI is InChI=1S/C24H31FN4O2.C2HF3O2/c1-31-23-7-4-17(12-21(23)25)15-27-19-5-6-22(29-10-8-18(26)9-11-29)20(13-19)24(30)28-14-16-2-3-16;3-2(4,5)1(6)7/h4-7,12-13,16,18,27H,2-3,8-11,14-15,26H2,1H3,(H,28,30);(H,6,7). The molecule has 0 bridgehead atoms. The van der Waals surface area contributed by atoms with Gasteiger partial charge in [-0.25, -0.2) is 9.18 Å². The highest BCUT2D eigenvalue weighted by molar-refractivity contribution is 6.01. The second-order valence-electron chi connectivity index (χ2n) is 9.34. The number of carbonyl (C=O) groups is 2. The van der Waals surface area contributed by atoms with Crippen LogP contribution in [0.5, 0.6) is 5.75 Å². The van der Waals surface area contributed by atoms with Gasteiger partial charge in [0, 0.05) is 43.6 Å². The minimum Gasteiger partial charge on any atom is -0.494 e. The summed E-state index contributed by atoms with van der Waals surface area (Å²) in [6, 6.07) is 11.0. The fraction of sp³-hybridized carbons (Fsp3) is 0.462. The number of nitrogens with two attached hydrogens (primary N) is 1. The van der Waals surface area contributed by atoms with Gasteiger partial charge in [0.1, 0.15) is 0 Å². The summed E-state index contributed by atoms with van der Waals surface area (Å²) < 4.78 is 50.7. The summed E-state index contributed by atoms with van der Waals surface area (Å²) in [5, 5.41) is 13.5. The fourth-order valence-electron chi connectivity index (χ4n) is 3.92. The number of carboxylic acids is 1. The second kappa shape index (κ2) is 12.8. The Kier molecular flexibility index (Phi) is 9.78. The zero-order valence-electron chi connectivity index (χ0n) is 21.0. The van der Waals surface area contributed by atoms with Crippen molar-refractivity contribution in [2.75, 3.05) is 37.0 Å². The van der Waals surface area contributed by atoms with Gasteiger partial charge in [0.15, 0.2) is 11.6 Å². The van der Waals surface area contributed by atoms with Crippen LogP contribution in [-0.4, -0.2) is 55.9 Å². The van der Waals surface area contributed by atoms with Crippen LogP contribution in [-0.2, 0) is 11.3 Å². The highest BCUT2D eigenvalue weighted by atomic mass is 19.4. The van der Waals surface area contributed by atoms with Gasteiger partial charge in [-0.15, -0.1) is 0 Å². The van der Waals surface area contributed by atoms with Crippen molar-refractivity contribution in [3.63, 3.8) is 0 Å². The summed E-state index contributed by atoms with van der Waals surface area (Å²) >= 11 is 0. The lowest BCUT2D eigenvalue weighted by molar-refractivity contribution is -0.192. The Labute approximate surface area is 218 Å². The molecule has 12 heteroatoms. The maximum Gasteiger partial charge on any atom is 0.490 e. The van der Waals surface area contributed by atoms with E-state index in [1.807, 2.05) is 24.3 Å². The molecule has 2 aromatic carbocycles. The van der Waals surface area contributed by atoms with E-state index in [1.54, 1.807) is 6.07 Å². The van der Waals surface area contributed by atoms with Gasteiger partial charge in [-0.05, 0) is 67.5 Å². The Morgan fingerprint density at radius 1 is 1.11 bits per heavy atom. The number of benzene rings is 2. The van der Waals surface area contributed by atoms with Crippen molar-refractivity contribution >= 4 is 23.3 Å². The molecule has 0 atom stereocenters. The van der Waals surface area contributed by atoms with Crippen LogP contribution in [0.25, 0.3) is 0 Å². The highest BCUT2D eigenvalue weighted by Crippen LogP contribution is 2.30. The number of alkyl halides is 3. The van der Waals surface area contributed by atoms with Crippen molar-refractivity contribution in [1.29, 1.82) is 0 Å². The summed E-state index contributed by atoms with van der Waals surface area (Å²) in [6.45, 7) is 2.87. The molecular weight excluding hydrogens is 508 g/mol. The predicted octanol–water partition coefficient (Wildman–Crippen LogP) is 4.15. The van der Waals surface area contributed by atoms with Crippen molar-refractivity contribution in [3.8, 4) is 5.75 Å². The second-order valence-corrected chi connectivity index (χ2v) is 9.34. The molecule has 2 fully saturated rings. The Hall–Kier alpha value is -3.54. The van der Waals surface area contributed by atoms with Crippen LogP contribution in [0.4, 0.5) is 28.9 Å². The van der Waals surface area contributed by atoms with Crippen molar-refractivity contribution in [1.82, 2.24) is 5.32 Å². The molecule has 208 valence electrons. The number of ether oxygens (including phenoxy) is 1. The smallest absolute Gasteiger partial charge is 0.490 e. The molecule has 1 amide bonds. The molecule has 2 aliphatic rings. The van der Waals surface area contributed by atoms with Crippen molar-refractivity contribution in [2.45, 2.75) is 44.4 Å². The molecule has 1 saturated carbocycles. The number of methoxy groups -OCH3 is 1. The predicted molar refractivity (Wildman–Crippen MR) is 135 cm³/mol. The fourth-order valence-corrected chi connectivity index (χ4v) is 3.92. The van der Waals surface area contributed by atoms with Gasteiger partial charge in [0.2, 0.25) is 0 Å². The Morgan fingerprint density at radius 2 is 1.76 bits per heavy atom. The minimum atomic E-state index is -5.08. The number of halogens is 4. The minimum absolute atomic E-state index is 0.0455. The third-order valence-electron chi connectivity index (χ3n) is 6.33. The number of hydrogen-bond acceptors (Lipinski definition) is 6. The zero-order chi connectivity index (χ0) is 27.9. The summed E-state index contributed by atoms with van der Waals surface area (Å²) in [4.78, 5) is 24.1. The van der Waals surface area contributed by atoms with Crippen molar-refractivity contribution in [2.24, 2.45) is 11.7 Å². The van der Waals surface area contributed by atoms with Crippen LogP contribution in [0.3, 0.4) is 0 Å². The molecule has 0 aromatic heterocycles. The lowest BCUT2D eigenvalue weighted by atomic mass is 10.0. The normalized spacial score (nSPS) is 15.8. The van der Waals surface area contributed by atoms with Crippen molar-refractivity contribution in [3.05, 3.63) is 53.3 Å². The van der Waals surface area contributed by atoms with E-state index in [0.717, 1.165) is 49.4 Å². The number of nitrogens with one attached hydrogen (secondary N) is 2. The first-order chi connectivity index (χ1) is 18.0. The number of carboxylic acid groups (broad SMARTS) is 1. The Bertz CT molecular complexity index is 1120. The molecule has 4 rings (SSSR count). The summed E-state index contributed by atoms with van der Waals surface area (Å²) in [6.07, 6.45) is -0.854. The quantitative estimate of drug-likeness (QED) is 0.372. The molecule has 1 saturated heterocycles. The number of nitrogens with zero attached hydrogens (tertiary/aromatic N) is 1. The van der Waals surface area contributed by atoms with E-state index in [0.29, 0.717) is 18.0 Å². The van der Waals surface area contributed by atoms with E-state index < -0.39 is 12.1 Å². The number of amides is 1. The van der Waals surface area contributed by atoms with Gasteiger partial charge in [0.25, 0.3) is 5.91 Å². The van der Waals surface area contributed by atoms with E-state index in [4.69, 9.17) is 20.4 Å². The topological polar surface area (TPSA) is 117 Å².